The van der Waals surface area contributed by atoms with Crippen LogP contribution in [-0.2, 0) is 23.9 Å². The average molecular weight is 724 g/mol. The third-order valence-electron chi connectivity index (χ3n) is 8.53. The Balaban J connectivity index is 1.27. The van der Waals surface area contributed by atoms with Crippen molar-refractivity contribution in [2.45, 2.75) is 83.4 Å². The molecule has 1 aliphatic heterocycles. The summed E-state index contributed by atoms with van der Waals surface area (Å²) in [5.41, 5.74) is 6.22. The largest absolute Gasteiger partial charge is 0.497 e. The van der Waals surface area contributed by atoms with E-state index < -0.39 is 36.0 Å². The number of rotatable bonds is 11. The number of primary amides is 1. The number of unbranched alkanes of at least 4 members (excludes halogenated alkanes) is 1. The van der Waals surface area contributed by atoms with Crippen molar-refractivity contribution < 1.29 is 33.4 Å². The molecule has 5 rings (SSSR count). The molecule has 1 aromatic carbocycles. The molecule has 2 saturated carbocycles. The Morgan fingerprint density at radius 2 is 2.00 bits per heavy atom. The maximum absolute atomic E-state index is 13.7. The summed E-state index contributed by atoms with van der Waals surface area (Å²) in [6.07, 6.45) is 6.08. The molecule has 13 heteroatoms. The van der Waals surface area contributed by atoms with Crippen LogP contribution in [0.1, 0.15) is 76.2 Å². The number of hydrogen-bond acceptors (Lipinski definition) is 10. The van der Waals surface area contributed by atoms with Gasteiger partial charge < -0.3 is 25.3 Å². The van der Waals surface area contributed by atoms with E-state index in [2.05, 4.69) is 17.2 Å². The first kappa shape index (κ1) is 36.4. The fourth-order valence-corrected chi connectivity index (χ4v) is 8.86. The van der Waals surface area contributed by atoms with Gasteiger partial charge >= 0.3 is 12.1 Å². The number of ether oxygens (including phenoxy) is 3. The van der Waals surface area contributed by atoms with Gasteiger partial charge in [-0.15, -0.1) is 11.3 Å². The van der Waals surface area contributed by atoms with Gasteiger partial charge in [0.05, 0.1) is 25.0 Å². The summed E-state index contributed by atoms with van der Waals surface area (Å²) >= 11 is 8.61. The number of nitrogens with zero attached hydrogens (tertiary/aromatic N) is 1. The molecule has 1 saturated heterocycles. The van der Waals surface area contributed by atoms with Crippen molar-refractivity contribution in [2.24, 2.45) is 17.6 Å². The second-order valence-corrected chi connectivity index (χ2v) is 16.1. The highest BCUT2D eigenvalue weighted by Crippen LogP contribution is 2.49. The molecule has 3 aliphatic rings. The molecule has 0 radical (unpaired) electrons. The lowest BCUT2D eigenvalue weighted by Gasteiger charge is -2.30. The average Bonchev–Trinajstić information content (AvgIpc) is 3.82. The number of amides is 3. The van der Waals surface area contributed by atoms with Gasteiger partial charge in [0.1, 0.15) is 21.7 Å². The van der Waals surface area contributed by atoms with Gasteiger partial charge in [-0.1, -0.05) is 54.4 Å². The van der Waals surface area contributed by atoms with E-state index in [9.17, 15) is 19.2 Å². The SMILES string of the molecule is COc1cccc(-c2cc(C#CCCCOC(=O)[C@H](CC(N)=O)NC(=O)OC(C)(C)C)c(/C=C3\SC(=S)N(C4CC5CCC4C5)C3=O)s2)c1. The number of carbonyl (C=O) groups is 4. The number of hydrogen-bond donors (Lipinski definition) is 2. The normalized spacial score (nSPS) is 21.3. The lowest BCUT2D eigenvalue weighted by molar-refractivity contribution is -0.147. The molecule has 0 spiro atoms. The zero-order valence-electron chi connectivity index (χ0n) is 28.0. The molecule has 1 aromatic heterocycles. The lowest BCUT2D eigenvalue weighted by Crippen LogP contribution is -2.46. The van der Waals surface area contributed by atoms with Gasteiger partial charge in [0.15, 0.2) is 0 Å². The summed E-state index contributed by atoms with van der Waals surface area (Å²) in [4.78, 5) is 54.2. The van der Waals surface area contributed by atoms with Crippen LogP contribution in [0.3, 0.4) is 0 Å². The van der Waals surface area contributed by atoms with E-state index in [0.29, 0.717) is 33.9 Å². The van der Waals surface area contributed by atoms with Crippen LogP contribution in [0, 0.1) is 23.7 Å². The number of thiocarbonyl (C=S) groups is 1. The Kier molecular flexibility index (Phi) is 11.7. The standard InChI is InChI=1S/C36H41N3O7S3/c1-36(2,3)46-34(43)38-26(19-31(37)40)33(42)45-14-7-5-6-9-24-18-28(23-10-8-11-25(17-23)44-4)48-29(24)20-30-32(41)39(35(47)49-30)27-16-21-12-13-22(27)15-21/h8,10-11,17-18,20-22,26-27H,5,7,12-16,19H2,1-4H3,(H2,37,40)(H,38,43)/b30-20-/t21?,22?,26-,27?/m0/s1. The van der Waals surface area contributed by atoms with Crippen LogP contribution >= 0.6 is 35.3 Å². The van der Waals surface area contributed by atoms with Crippen LogP contribution in [-0.4, -0.2) is 64.5 Å². The first-order chi connectivity index (χ1) is 23.3. The second kappa shape index (κ2) is 15.8. The van der Waals surface area contributed by atoms with Crippen LogP contribution in [0.25, 0.3) is 16.5 Å². The number of methoxy groups -OCH3 is 1. The summed E-state index contributed by atoms with van der Waals surface area (Å²) in [5.74, 6) is 6.79. The molecular formula is C36H41N3O7S3. The first-order valence-electron chi connectivity index (χ1n) is 16.3. The maximum Gasteiger partial charge on any atom is 0.408 e. The molecular weight excluding hydrogens is 683 g/mol. The minimum atomic E-state index is -1.27. The number of esters is 1. The Bertz CT molecular complexity index is 1720. The van der Waals surface area contributed by atoms with Gasteiger partial charge in [-0.2, -0.15) is 0 Å². The first-order valence-corrected chi connectivity index (χ1v) is 18.3. The molecule has 3 amide bonds. The third kappa shape index (κ3) is 9.44. The van der Waals surface area contributed by atoms with Gasteiger partial charge in [0.25, 0.3) is 5.91 Å². The van der Waals surface area contributed by atoms with E-state index in [4.69, 9.17) is 32.2 Å². The summed E-state index contributed by atoms with van der Waals surface area (Å²) < 4.78 is 16.5. The van der Waals surface area contributed by atoms with E-state index in [-0.39, 0.29) is 18.6 Å². The van der Waals surface area contributed by atoms with E-state index in [1.165, 1.54) is 24.6 Å². The van der Waals surface area contributed by atoms with Crippen molar-refractivity contribution in [3.63, 3.8) is 0 Å². The molecule has 3 N–H and O–H groups in total. The number of thioether (sulfide) groups is 1. The number of fused-ring (bicyclic) bond motifs is 2. The van der Waals surface area contributed by atoms with Gasteiger partial charge in [-0.25, -0.2) is 9.59 Å². The molecule has 10 nitrogen and oxygen atoms in total. The van der Waals surface area contributed by atoms with Crippen molar-refractivity contribution in [1.82, 2.24) is 10.2 Å². The second-order valence-electron chi connectivity index (χ2n) is 13.4. The predicted octanol–water partition coefficient (Wildman–Crippen LogP) is 6.26. The van der Waals surface area contributed by atoms with Gasteiger partial charge in [-0.05, 0) is 88.1 Å². The van der Waals surface area contributed by atoms with Gasteiger partial charge in [-0.3, -0.25) is 14.5 Å². The minimum Gasteiger partial charge on any atom is -0.497 e. The fourth-order valence-electron chi connectivity index (χ4n) is 6.38. The van der Waals surface area contributed by atoms with Crippen LogP contribution in [0.2, 0.25) is 0 Å². The highest BCUT2D eigenvalue weighted by molar-refractivity contribution is 8.26. The van der Waals surface area contributed by atoms with Crippen LogP contribution in [0.4, 0.5) is 4.79 Å². The maximum atomic E-state index is 13.7. The minimum absolute atomic E-state index is 0.0236. The zero-order valence-corrected chi connectivity index (χ0v) is 30.5. The molecule has 2 aromatic rings. The Morgan fingerprint density at radius 1 is 1.20 bits per heavy atom. The summed E-state index contributed by atoms with van der Waals surface area (Å²) in [7, 11) is 1.63. The van der Waals surface area contributed by atoms with E-state index in [1.54, 1.807) is 39.2 Å². The van der Waals surface area contributed by atoms with Gasteiger partial charge in [0, 0.05) is 27.8 Å². The van der Waals surface area contributed by atoms with E-state index in [1.807, 2.05) is 41.3 Å². The van der Waals surface area contributed by atoms with Crippen molar-refractivity contribution in [2.75, 3.05) is 13.7 Å². The fraction of sp³-hybridized carbons (Fsp3) is 0.472. The molecule has 2 bridgehead atoms. The highest BCUT2D eigenvalue weighted by atomic mass is 32.2. The van der Waals surface area contributed by atoms with Crippen molar-refractivity contribution in [3.05, 3.63) is 45.7 Å². The van der Waals surface area contributed by atoms with Crippen LogP contribution in [0.5, 0.6) is 5.75 Å². The number of nitrogens with one attached hydrogen (secondary N) is 1. The predicted molar refractivity (Wildman–Crippen MR) is 195 cm³/mol. The Hall–Kier alpha value is -3.86. The summed E-state index contributed by atoms with van der Waals surface area (Å²) in [6, 6.07) is 8.71. The third-order valence-corrected chi connectivity index (χ3v) is 11.0. The topological polar surface area (TPSA) is 137 Å². The molecule has 3 unspecified atom stereocenters. The smallest absolute Gasteiger partial charge is 0.408 e. The molecule has 49 heavy (non-hydrogen) atoms. The molecule has 2 heterocycles. The number of nitrogens with two attached hydrogens (primary N) is 1. The zero-order chi connectivity index (χ0) is 35.3. The highest BCUT2D eigenvalue weighted by Gasteiger charge is 2.48. The number of carbonyl (C=O) groups excluding carboxylic acids is 4. The van der Waals surface area contributed by atoms with Crippen molar-refractivity contribution in [1.29, 1.82) is 0 Å². The number of thiophene rings is 1. The summed E-state index contributed by atoms with van der Waals surface area (Å²) in [6.45, 7) is 5.07. The quantitative estimate of drug-likeness (QED) is 0.0906. The van der Waals surface area contributed by atoms with Crippen LogP contribution in [0.15, 0.2) is 35.2 Å². The number of alkyl carbamates (subject to hydrolysis) is 1. The van der Waals surface area contributed by atoms with Gasteiger partial charge in [0.2, 0.25) is 5.91 Å². The Morgan fingerprint density at radius 3 is 2.67 bits per heavy atom. The van der Waals surface area contributed by atoms with E-state index >= 15 is 0 Å². The summed E-state index contributed by atoms with van der Waals surface area (Å²) in [5, 5.41) is 2.35. The molecule has 2 aliphatic carbocycles. The number of benzene rings is 1. The van der Waals surface area contributed by atoms with Crippen molar-refractivity contribution in [3.8, 4) is 28.0 Å². The van der Waals surface area contributed by atoms with Crippen LogP contribution < -0.4 is 15.8 Å². The monoisotopic (exact) mass is 723 g/mol. The molecule has 3 fully saturated rings. The lowest BCUT2D eigenvalue weighted by atomic mass is 9.94. The molecule has 260 valence electrons. The Labute approximate surface area is 300 Å². The van der Waals surface area contributed by atoms with Crippen molar-refractivity contribution >= 4 is 69.6 Å². The van der Waals surface area contributed by atoms with E-state index in [0.717, 1.165) is 39.5 Å². The molecule has 4 atom stereocenters.